The second-order valence-corrected chi connectivity index (χ2v) is 9.13. The summed E-state index contributed by atoms with van der Waals surface area (Å²) in [4.78, 5) is 37.1. The van der Waals surface area contributed by atoms with E-state index in [1.807, 2.05) is 0 Å². The monoisotopic (exact) mass is 487 g/mol. The Hall–Kier alpha value is -2.20. The Balaban J connectivity index is 2.27. The standard InChI is InChI=1S/C20H27BrFN3O5/c1-20(2,3)30-19(29)23-15(10-12-8-13(21)11-14(22)9-12)17(26)25-7-5-6-16(18(27)28)24(25)4/h8-9,11,15-16H,5-7,10H2,1-4H3,(H,23,29)(H,27,28)/t15-,16-/m0/s1. The maximum Gasteiger partial charge on any atom is 0.408 e. The van der Waals surface area contributed by atoms with Crippen LogP contribution in [0, 0.1) is 5.82 Å². The molecule has 1 saturated heterocycles. The van der Waals surface area contributed by atoms with Crippen molar-refractivity contribution >= 4 is 33.9 Å². The first-order valence-electron chi connectivity index (χ1n) is 9.59. The molecule has 1 aromatic rings. The smallest absolute Gasteiger partial charge is 0.408 e. The lowest BCUT2D eigenvalue weighted by Gasteiger charge is -2.41. The highest BCUT2D eigenvalue weighted by Crippen LogP contribution is 2.21. The predicted molar refractivity (Wildman–Crippen MR) is 111 cm³/mol. The van der Waals surface area contributed by atoms with Gasteiger partial charge in [0.05, 0.1) is 0 Å². The molecule has 2 amide bonds. The van der Waals surface area contributed by atoms with E-state index < -0.39 is 41.5 Å². The van der Waals surface area contributed by atoms with Gasteiger partial charge < -0.3 is 15.2 Å². The van der Waals surface area contributed by atoms with Crippen LogP contribution in [-0.4, -0.2) is 64.4 Å². The second kappa shape index (κ2) is 9.74. The summed E-state index contributed by atoms with van der Waals surface area (Å²) < 4.78 is 19.6. The number of nitrogens with zero attached hydrogens (tertiary/aromatic N) is 2. The number of carbonyl (C=O) groups is 3. The van der Waals surface area contributed by atoms with E-state index in [4.69, 9.17) is 4.74 Å². The van der Waals surface area contributed by atoms with Gasteiger partial charge in [0.2, 0.25) is 0 Å². The topological polar surface area (TPSA) is 99.2 Å². The summed E-state index contributed by atoms with van der Waals surface area (Å²) in [5, 5.41) is 14.7. The highest BCUT2D eigenvalue weighted by atomic mass is 79.9. The van der Waals surface area contributed by atoms with Gasteiger partial charge in [-0.15, -0.1) is 0 Å². The Bertz CT molecular complexity index is 794. The summed E-state index contributed by atoms with van der Waals surface area (Å²) in [6.07, 6.45) is 0.149. The van der Waals surface area contributed by atoms with Gasteiger partial charge >= 0.3 is 12.1 Å². The quantitative estimate of drug-likeness (QED) is 0.662. The van der Waals surface area contributed by atoms with Crippen LogP contribution in [0.5, 0.6) is 0 Å². The number of hydrogen-bond donors (Lipinski definition) is 2. The number of carbonyl (C=O) groups excluding carboxylic acids is 2. The Labute approximate surface area is 183 Å². The van der Waals surface area contributed by atoms with Crippen LogP contribution < -0.4 is 5.32 Å². The van der Waals surface area contributed by atoms with E-state index in [1.165, 1.54) is 29.2 Å². The maximum absolute atomic E-state index is 13.8. The van der Waals surface area contributed by atoms with Gasteiger partial charge in [0.1, 0.15) is 23.5 Å². The zero-order valence-corrected chi connectivity index (χ0v) is 19.0. The van der Waals surface area contributed by atoms with E-state index >= 15 is 0 Å². The number of carboxylic acids is 1. The molecule has 1 aliphatic heterocycles. The number of rotatable bonds is 5. The summed E-state index contributed by atoms with van der Waals surface area (Å²) in [7, 11) is 1.53. The minimum Gasteiger partial charge on any atom is -0.480 e. The lowest BCUT2D eigenvalue weighted by Crippen LogP contribution is -2.60. The van der Waals surface area contributed by atoms with E-state index in [-0.39, 0.29) is 6.42 Å². The molecular formula is C20H27BrFN3O5. The third kappa shape index (κ3) is 6.66. The van der Waals surface area contributed by atoms with Crippen molar-refractivity contribution in [3.05, 3.63) is 34.1 Å². The molecule has 0 aliphatic carbocycles. The number of nitrogens with one attached hydrogen (secondary N) is 1. The molecule has 0 unspecified atom stereocenters. The lowest BCUT2D eigenvalue weighted by atomic mass is 10.0. The molecule has 10 heteroatoms. The Morgan fingerprint density at radius 3 is 2.57 bits per heavy atom. The summed E-state index contributed by atoms with van der Waals surface area (Å²) >= 11 is 3.22. The first kappa shape index (κ1) is 24.1. The molecule has 1 fully saturated rings. The molecule has 0 spiro atoms. The molecule has 1 aliphatic rings. The number of aliphatic carboxylic acids is 1. The van der Waals surface area contributed by atoms with Gasteiger partial charge in [-0.05, 0) is 57.4 Å². The average Bonchev–Trinajstić information content (AvgIpc) is 2.58. The molecule has 2 N–H and O–H groups in total. The fourth-order valence-electron chi connectivity index (χ4n) is 3.29. The zero-order chi connectivity index (χ0) is 22.6. The SMILES string of the molecule is CN1[C@H](C(=O)O)CCCN1C(=O)[C@H](Cc1cc(F)cc(Br)c1)NC(=O)OC(C)(C)C. The number of hydrazine groups is 1. The molecule has 2 rings (SSSR count). The fourth-order valence-corrected chi connectivity index (χ4v) is 3.80. The van der Waals surface area contributed by atoms with Crippen molar-refractivity contribution < 1.29 is 28.6 Å². The Morgan fingerprint density at radius 1 is 1.33 bits per heavy atom. The molecule has 8 nitrogen and oxygen atoms in total. The summed E-state index contributed by atoms with van der Waals surface area (Å²) in [5.41, 5.74) is -0.277. The summed E-state index contributed by atoms with van der Waals surface area (Å²) in [6.45, 7) is 5.41. The molecular weight excluding hydrogens is 461 g/mol. The predicted octanol–water partition coefficient (Wildman–Crippen LogP) is 2.95. The van der Waals surface area contributed by atoms with Crippen molar-refractivity contribution in [2.24, 2.45) is 0 Å². The first-order valence-corrected chi connectivity index (χ1v) is 10.4. The van der Waals surface area contributed by atoms with Crippen LogP contribution in [0.15, 0.2) is 22.7 Å². The lowest BCUT2D eigenvalue weighted by molar-refractivity contribution is -0.168. The molecule has 0 radical (unpaired) electrons. The van der Waals surface area contributed by atoms with Gasteiger partial charge in [-0.1, -0.05) is 15.9 Å². The second-order valence-electron chi connectivity index (χ2n) is 8.21. The number of halogens is 2. The fraction of sp³-hybridized carbons (Fsp3) is 0.550. The molecule has 1 heterocycles. The zero-order valence-electron chi connectivity index (χ0n) is 17.4. The number of hydrogen-bond acceptors (Lipinski definition) is 5. The minimum atomic E-state index is -1.07. The summed E-state index contributed by atoms with van der Waals surface area (Å²) in [5.74, 6) is -2.00. The number of ether oxygens (including phenoxy) is 1. The highest BCUT2D eigenvalue weighted by Gasteiger charge is 2.37. The molecule has 30 heavy (non-hydrogen) atoms. The number of carboxylic acid groups (broad SMARTS) is 1. The molecule has 0 saturated carbocycles. The van der Waals surface area contributed by atoms with E-state index in [2.05, 4.69) is 21.2 Å². The van der Waals surface area contributed by atoms with Gasteiger partial charge in [0.25, 0.3) is 5.91 Å². The third-order valence-electron chi connectivity index (χ3n) is 4.57. The number of likely N-dealkylation sites (N-methyl/N-ethyl adjacent to an activating group) is 1. The number of alkyl carbamates (subject to hydrolysis) is 1. The van der Waals surface area contributed by atoms with Gasteiger partial charge in [-0.2, -0.15) is 0 Å². The number of amides is 2. The van der Waals surface area contributed by atoms with E-state index in [0.717, 1.165) is 0 Å². The summed E-state index contributed by atoms with van der Waals surface area (Å²) in [6, 6.07) is 2.32. The van der Waals surface area contributed by atoms with Crippen molar-refractivity contribution in [2.45, 2.75) is 57.7 Å². The van der Waals surface area contributed by atoms with Crippen LogP contribution in [-0.2, 0) is 20.7 Å². The van der Waals surface area contributed by atoms with E-state index in [1.54, 1.807) is 26.8 Å². The van der Waals surface area contributed by atoms with Crippen LogP contribution in [0.25, 0.3) is 0 Å². The van der Waals surface area contributed by atoms with Crippen LogP contribution in [0.4, 0.5) is 9.18 Å². The van der Waals surface area contributed by atoms with Gasteiger partial charge in [-0.25, -0.2) is 14.2 Å². The van der Waals surface area contributed by atoms with E-state index in [9.17, 15) is 23.9 Å². The van der Waals surface area contributed by atoms with Crippen molar-refractivity contribution in [3.8, 4) is 0 Å². The van der Waals surface area contributed by atoms with Gasteiger partial charge in [-0.3, -0.25) is 14.6 Å². The van der Waals surface area contributed by atoms with Crippen molar-refractivity contribution in [3.63, 3.8) is 0 Å². The van der Waals surface area contributed by atoms with Crippen molar-refractivity contribution in [1.29, 1.82) is 0 Å². The first-order chi connectivity index (χ1) is 13.9. The normalized spacial score (nSPS) is 18.6. The van der Waals surface area contributed by atoms with Crippen LogP contribution in [0.3, 0.4) is 0 Å². The minimum absolute atomic E-state index is 0.0104. The van der Waals surface area contributed by atoms with E-state index in [0.29, 0.717) is 29.4 Å². The highest BCUT2D eigenvalue weighted by molar-refractivity contribution is 9.10. The average molecular weight is 488 g/mol. The molecule has 166 valence electrons. The maximum atomic E-state index is 13.8. The molecule has 0 bridgehead atoms. The van der Waals surface area contributed by atoms with Crippen molar-refractivity contribution in [2.75, 3.05) is 13.6 Å². The van der Waals surface area contributed by atoms with Crippen LogP contribution in [0.2, 0.25) is 0 Å². The largest absolute Gasteiger partial charge is 0.480 e. The Kier molecular flexibility index (Phi) is 7.81. The van der Waals surface area contributed by atoms with Gasteiger partial charge in [0.15, 0.2) is 0 Å². The molecule has 2 atom stereocenters. The van der Waals surface area contributed by atoms with Crippen LogP contribution >= 0.6 is 15.9 Å². The third-order valence-corrected chi connectivity index (χ3v) is 5.03. The molecule has 0 aromatic heterocycles. The van der Waals surface area contributed by atoms with Gasteiger partial charge in [0, 0.05) is 24.5 Å². The number of benzene rings is 1. The molecule has 1 aromatic carbocycles. The van der Waals surface area contributed by atoms with Crippen molar-refractivity contribution in [1.82, 2.24) is 15.3 Å². The van der Waals surface area contributed by atoms with Crippen LogP contribution in [0.1, 0.15) is 39.2 Å². The Morgan fingerprint density at radius 2 is 2.00 bits per heavy atom.